The Hall–Kier alpha value is -1.95. The van der Waals surface area contributed by atoms with Gasteiger partial charge in [0.05, 0.1) is 19.1 Å². The van der Waals surface area contributed by atoms with E-state index in [4.69, 9.17) is 9.47 Å². The van der Waals surface area contributed by atoms with Crippen molar-refractivity contribution >= 4 is 29.0 Å². The molecule has 1 fully saturated rings. The van der Waals surface area contributed by atoms with Gasteiger partial charge in [0.1, 0.15) is 0 Å². The molecule has 0 bridgehead atoms. The van der Waals surface area contributed by atoms with E-state index in [-0.39, 0.29) is 11.1 Å². The molecule has 1 aromatic carbocycles. The Kier molecular flexibility index (Phi) is 4.90. The van der Waals surface area contributed by atoms with Gasteiger partial charge < -0.3 is 9.47 Å². The summed E-state index contributed by atoms with van der Waals surface area (Å²) >= 11 is 0.951. The number of carbonyl (C=O) groups is 2. The van der Waals surface area contributed by atoms with E-state index in [2.05, 4.69) is 0 Å². The highest BCUT2D eigenvalue weighted by atomic mass is 32.2. The van der Waals surface area contributed by atoms with Gasteiger partial charge in [-0.15, -0.1) is 0 Å². The highest BCUT2D eigenvalue weighted by Gasteiger charge is 2.34. The van der Waals surface area contributed by atoms with E-state index in [0.717, 1.165) is 18.2 Å². The number of ether oxygens (including phenoxy) is 2. The van der Waals surface area contributed by atoms with Crippen LogP contribution >= 0.6 is 11.8 Å². The predicted octanol–water partition coefficient (Wildman–Crippen LogP) is 3.15. The minimum absolute atomic E-state index is 0.227. The van der Waals surface area contributed by atoms with Crippen LogP contribution in [-0.2, 0) is 4.79 Å². The van der Waals surface area contributed by atoms with Crippen molar-refractivity contribution in [3.8, 4) is 11.5 Å². The monoisotopic (exact) mass is 307 g/mol. The van der Waals surface area contributed by atoms with Gasteiger partial charge in [0, 0.05) is 12.1 Å². The standard InChI is InChI=1S/C15H17NO4S/c1-4-8-16-14(17)12(21-15(16)18)9-10-6-5-7-11(19-2)13(10)20-3/h5-7,9H,4,8H2,1-3H3/b12-9+. The van der Waals surface area contributed by atoms with Crippen LogP contribution in [0, 0.1) is 0 Å². The lowest BCUT2D eigenvalue weighted by atomic mass is 10.1. The maximum Gasteiger partial charge on any atom is 0.293 e. The fraction of sp³-hybridized carbons (Fsp3) is 0.333. The Morgan fingerprint density at radius 3 is 2.62 bits per heavy atom. The highest BCUT2D eigenvalue weighted by molar-refractivity contribution is 8.18. The molecule has 21 heavy (non-hydrogen) atoms. The largest absolute Gasteiger partial charge is 0.493 e. The molecule has 1 aromatic rings. The Labute approximate surface area is 127 Å². The molecule has 0 aliphatic carbocycles. The fourth-order valence-corrected chi connectivity index (χ4v) is 2.94. The van der Waals surface area contributed by atoms with Gasteiger partial charge >= 0.3 is 0 Å². The Bertz CT molecular complexity index is 597. The van der Waals surface area contributed by atoms with Gasteiger partial charge in [-0.25, -0.2) is 0 Å². The third-order valence-electron chi connectivity index (χ3n) is 3.04. The van der Waals surface area contributed by atoms with Crippen molar-refractivity contribution < 1.29 is 19.1 Å². The number of rotatable bonds is 5. The number of methoxy groups -OCH3 is 2. The molecule has 2 amide bonds. The summed E-state index contributed by atoms with van der Waals surface area (Å²) in [5.41, 5.74) is 0.707. The topological polar surface area (TPSA) is 55.8 Å². The first kappa shape index (κ1) is 15.4. The van der Waals surface area contributed by atoms with Crippen LogP contribution in [-0.4, -0.2) is 36.8 Å². The van der Waals surface area contributed by atoms with Crippen molar-refractivity contribution in [2.75, 3.05) is 20.8 Å². The van der Waals surface area contributed by atoms with Gasteiger partial charge in [0.25, 0.3) is 11.1 Å². The normalized spacial score (nSPS) is 16.7. The molecule has 1 saturated heterocycles. The zero-order chi connectivity index (χ0) is 15.4. The van der Waals surface area contributed by atoms with Crippen molar-refractivity contribution in [2.45, 2.75) is 13.3 Å². The van der Waals surface area contributed by atoms with Gasteiger partial charge in [0.2, 0.25) is 0 Å². The first-order valence-electron chi connectivity index (χ1n) is 6.58. The molecule has 0 spiro atoms. The quantitative estimate of drug-likeness (QED) is 0.782. The third kappa shape index (κ3) is 3.05. The first-order valence-corrected chi connectivity index (χ1v) is 7.40. The zero-order valence-electron chi connectivity index (χ0n) is 12.2. The number of nitrogens with zero attached hydrogens (tertiary/aromatic N) is 1. The van der Waals surface area contributed by atoms with Gasteiger partial charge in [-0.1, -0.05) is 19.1 Å². The van der Waals surface area contributed by atoms with Crippen LogP contribution in [0.3, 0.4) is 0 Å². The minimum Gasteiger partial charge on any atom is -0.493 e. The van der Waals surface area contributed by atoms with Crippen molar-refractivity contribution in [3.63, 3.8) is 0 Å². The summed E-state index contributed by atoms with van der Waals surface area (Å²) in [5, 5.41) is -0.227. The number of thioether (sulfide) groups is 1. The van der Waals surface area contributed by atoms with Crippen LogP contribution in [0.4, 0.5) is 4.79 Å². The van der Waals surface area contributed by atoms with Crippen molar-refractivity contribution in [2.24, 2.45) is 0 Å². The molecule has 1 aliphatic heterocycles. The molecule has 0 saturated carbocycles. The van der Waals surface area contributed by atoms with Crippen LogP contribution in [0.2, 0.25) is 0 Å². The fourth-order valence-electron chi connectivity index (χ4n) is 2.08. The number of carbonyl (C=O) groups excluding carboxylic acids is 2. The smallest absolute Gasteiger partial charge is 0.293 e. The van der Waals surface area contributed by atoms with Crippen molar-refractivity contribution in [1.82, 2.24) is 4.90 Å². The molecular formula is C15H17NO4S. The molecule has 1 aliphatic rings. The maximum atomic E-state index is 12.2. The lowest BCUT2D eigenvalue weighted by Gasteiger charge is -2.11. The van der Waals surface area contributed by atoms with Gasteiger partial charge in [0.15, 0.2) is 11.5 Å². The van der Waals surface area contributed by atoms with E-state index in [1.165, 1.54) is 12.0 Å². The molecule has 1 heterocycles. The number of hydrogen-bond acceptors (Lipinski definition) is 5. The lowest BCUT2D eigenvalue weighted by Crippen LogP contribution is -2.28. The molecule has 5 nitrogen and oxygen atoms in total. The van der Waals surface area contributed by atoms with Gasteiger partial charge in [-0.2, -0.15) is 0 Å². The zero-order valence-corrected chi connectivity index (χ0v) is 13.0. The molecule has 0 N–H and O–H groups in total. The molecule has 0 atom stereocenters. The van der Waals surface area contributed by atoms with Crippen molar-refractivity contribution in [3.05, 3.63) is 28.7 Å². The average Bonchev–Trinajstić information content (AvgIpc) is 2.75. The van der Waals surface area contributed by atoms with Gasteiger partial charge in [-0.3, -0.25) is 14.5 Å². The third-order valence-corrected chi connectivity index (χ3v) is 3.95. The minimum atomic E-state index is -0.253. The van der Waals surface area contributed by atoms with Crippen LogP contribution < -0.4 is 9.47 Å². The lowest BCUT2D eigenvalue weighted by molar-refractivity contribution is -0.122. The van der Waals surface area contributed by atoms with E-state index in [0.29, 0.717) is 28.5 Å². The van der Waals surface area contributed by atoms with Crippen molar-refractivity contribution in [1.29, 1.82) is 0 Å². The average molecular weight is 307 g/mol. The first-order chi connectivity index (χ1) is 10.1. The van der Waals surface area contributed by atoms with Gasteiger partial charge in [-0.05, 0) is 30.3 Å². The van der Waals surface area contributed by atoms with E-state index in [1.54, 1.807) is 19.3 Å². The Morgan fingerprint density at radius 2 is 2.00 bits per heavy atom. The summed E-state index contributed by atoms with van der Waals surface area (Å²) in [6.45, 7) is 2.37. The van der Waals surface area contributed by atoms with Crippen LogP contribution in [0.5, 0.6) is 11.5 Å². The molecule has 0 radical (unpaired) electrons. The van der Waals surface area contributed by atoms with E-state index in [1.807, 2.05) is 19.1 Å². The summed E-state index contributed by atoms with van der Waals surface area (Å²) in [7, 11) is 3.09. The molecule has 6 heteroatoms. The predicted molar refractivity (Wildman–Crippen MR) is 82.5 cm³/mol. The number of para-hydroxylation sites is 1. The Morgan fingerprint density at radius 1 is 1.24 bits per heavy atom. The summed E-state index contributed by atoms with van der Waals surface area (Å²) in [6.07, 6.45) is 2.41. The molecule has 2 rings (SSSR count). The highest BCUT2D eigenvalue weighted by Crippen LogP contribution is 2.37. The number of hydrogen-bond donors (Lipinski definition) is 0. The molecule has 0 unspecified atom stereocenters. The number of amides is 2. The van der Waals surface area contributed by atoms with E-state index < -0.39 is 0 Å². The second-order valence-electron chi connectivity index (χ2n) is 4.42. The molecule has 112 valence electrons. The second kappa shape index (κ2) is 6.67. The van der Waals surface area contributed by atoms with E-state index in [9.17, 15) is 9.59 Å². The second-order valence-corrected chi connectivity index (χ2v) is 5.41. The van der Waals surface area contributed by atoms with Crippen LogP contribution in [0.1, 0.15) is 18.9 Å². The van der Waals surface area contributed by atoms with Crippen LogP contribution in [0.15, 0.2) is 23.1 Å². The molecular weight excluding hydrogens is 290 g/mol. The summed E-state index contributed by atoms with van der Waals surface area (Å²) < 4.78 is 10.6. The summed E-state index contributed by atoms with van der Waals surface area (Å²) in [6, 6.07) is 5.40. The summed E-state index contributed by atoms with van der Waals surface area (Å²) in [4.78, 5) is 25.7. The number of imide groups is 1. The van der Waals surface area contributed by atoms with Crippen LogP contribution in [0.25, 0.3) is 6.08 Å². The SMILES string of the molecule is CCCN1C(=O)S/C(=C/c2cccc(OC)c2OC)C1=O. The number of benzene rings is 1. The maximum absolute atomic E-state index is 12.2. The molecule has 0 aromatic heterocycles. The van der Waals surface area contributed by atoms with E-state index >= 15 is 0 Å². The Balaban J connectivity index is 2.37. The summed E-state index contributed by atoms with van der Waals surface area (Å²) in [5.74, 6) is 0.873.